The van der Waals surface area contributed by atoms with Gasteiger partial charge in [-0.2, -0.15) is 5.26 Å². The highest BCUT2D eigenvalue weighted by Crippen LogP contribution is 2.30. The highest BCUT2D eigenvalue weighted by Gasteiger charge is 2.31. The molecule has 3 aromatic carbocycles. The third-order valence-corrected chi connectivity index (χ3v) is 5.80. The van der Waals surface area contributed by atoms with Crippen molar-refractivity contribution in [2.45, 2.75) is 12.8 Å². The molecule has 0 spiro atoms. The Bertz CT molecular complexity index is 1420. The van der Waals surface area contributed by atoms with Crippen LogP contribution in [0.5, 0.6) is 11.5 Å². The molecule has 0 saturated heterocycles. The lowest BCUT2D eigenvalue weighted by molar-refractivity contribution is 0.0226. The first-order valence-electron chi connectivity index (χ1n) is 11.3. The monoisotopic (exact) mass is 516 g/mol. The van der Waals surface area contributed by atoms with E-state index in [4.69, 9.17) is 32.7 Å². The molecule has 0 bridgehead atoms. The highest BCUT2D eigenvalue weighted by atomic mass is 35.5. The van der Waals surface area contributed by atoms with Gasteiger partial charge in [0.25, 0.3) is 12.3 Å². The highest BCUT2D eigenvalue weighted by molar-refractivity contribution is 6.32. The molecular formula is C27H25ClN6O3. The number of nitrogens with zero attached hydrogens (tertiary/aromatic N) is 4. The van der Waals surface area contributed by atoms with E-state index < -0.39 is 6.35 Å². The van der Waals surface area contributed by atoms with Crippen LogP contribution >= 0.6 is 11.6 Å². The lowest BCUT2D eigenvalue weighted by atomic mass is 10.1. The SMILES string of the molecule is CN(C)C(=O)c1cccc(OC2=C(N)C(Cc3ccccc3)=NC(Oc3cc(C#N)ccc3Cl)N2N)c1. The van der Waals surface area contributed by atoms with Gasteiger partial charge >= 0.3 is 0 Å². The number of ether oxygens (including phenoxy) is 2. The third-order valence-electron chi connectivity index (χ3n) is 5.49. The van der Waals surface area contributed by atoms with Crippen molar-refractivity contribution < 1.29 is 14.3 Å². The zero-order valence-corrected chi connectivity index (χ0v) is 21.0. The van der Waals surface area contributed by atoms with Gasteiger partial charge in [-0.15, -0.1) is 0 Å². The second kappa shape index (κ2) is 11.0. The summed E-state index contributed by atoms with van der Waals surface area (Å²) in [5.74, 6) is 6.87. The van der Waals surface area contributed by atoms with E-state index in [0.29, 0.717) is 29.0 Å². The number of carbonyl (C=O) groups is 1. The van der Waals surface area contributed by atoms with Gasteiger partial charge in [0, 0.05) is 26.1 Å². The molecule has 188 valence electrons. The molecule has 1 aliphatic heterocycles. The van der Waals surface area contributed by atoms with E-state index in [1.807, 2.05) is 30.3 Å². The van der Waals surface area contributed by atoms with Gasteiger partial charge in [-0.25, -0.2) is 15.8 Å². The van der Waals surface area contributed by atoms with Crippen LogP contribution in [0.1, 0.15) is 21.5 Å². The summed E-state index contributed by atoms with van der Waals surface area (Å²) >= 11 is 6.31. The predicted molar refractivity (Wildman–Crippen MR) is 140 cm³/mol. The zero-order chi connectivity index (χ0) is 26.5. The maximum Gasteiger partial charge on any atom is 0.286 e. The number of hydrogen-bond acceptors (Lipinski definition) is 8. The molecule has 0 aromatic heterocycles. The van der Waals surface area contributed by atoms with Crippen LogP contribution in [0.25, 0.3) is 0 Å². The van der Waals surface area contributed by atoms with Crippen molar-refractivity contribution in [2.24, 2.45) is 16.6 Å². The quantitative estimate of drug-likeness (QED) is 0.458. The average molecular weight is 517 g/mol. The predicted octanol–water partition coefficient (Wildman–Crippen LogP) is 3.66. The van der Waals surface area contributed by atoms with Crippen molar-refractivity contribution in [3.05, 3.63) is 106 Å². The maximum absolute atomic E-state index is 12.4. The van der Waals surface area contributed by atoms with Crippen LogP contribution in [0.2, 0.25) is 5.02 Å². The average Bonchev–Trinajstić information content (AvgIpc) is 2.90. The first-order chi connectivity index (χ1) is 17.8. The van der Waals surface area contributed by atoms with Crippen molar-refractivity contribution in [3.8, 4) is 17.6 Å². The molecule has 9 nitrogen and oxygen atoms in total. The summed E-state index contributed by atoms with van der Waals surface area (Å²) in [4.78, 5) is 18.5. The number of allylic oxidation sites excluding steroid dienone is 1. The van der Waals surface area contributed by atoms with E-state index in [1.54, 1.807) is 50.5 Å². The second-order valence-electron chi connectivity index (χ2n) is 8.39. The van der Waals surface area contributed by atoms with Gasteiger partial charge in [0.1, 0.15) is 17.2 Å². The van der Waals surface area contributed by atoms with Crippen molar-refractivity contribution >= 4 is 23.2 Å². The first kappa shape index (κ1) is 25.6. The zero-order valence-electron chi connectivity index (χ0n) is 20.3. The molecule has 0 saturated carbocycles. The minimum absolute atomic E-state index is 0.0907. The van der Waals surface area contributed by atoms with Crippen LogP contribution in [0.15, 0.2) is 89.4 Å². The molecule has 4 rings (SSSR count). The van der Waals surface area contributed by atoms with Crippen LogP contribution < -0.4 is 21.1 Å². The summed E-state index contributed by atoms with van der Waals surface area (Å²) < 4.78 is 12.1. The number of aliphatic imine (C=N–C) groups is 1. The molecule has 1 unspecified atom stereocenters. The number of halogens is 1. The Kier molecular flexibility index (Phi) is 7.63. The molecule has 1 heterocycles. The Hall–Kier alpha value is -4.52. The fraction of sp³-hybridized carbons (Fsp3) is 0.148. The fourth-order valence-electron chi connectivity index (χ4n) is 3.59. The lowest BCUT2D eigenvalue weighted by Crippen LogP contribution is -2.49. The summed E-state index contributed by atoms with van der Waals surface area (Å²) in [5, 5.41) is 10.7. The molecule has 37 heavy (non-hydrogen) atoms. The Morgan fingerprint density at radius 3 is 2.59 bits per heavy atom. The molecule has 0 fully saturated rings. The van der Waals surface area contributed by atoms with Gasteiger partial charge in [0.05, 0.1) is 22.4 Å². The number of hydrazine groups is 1. The number of nitriles is 1. The van der Waals surface area contributed by atoms with E-state index in [9.17, 15) is 10.1 Å². The van der Waals surface area contributed by atoms with E-state index in [0.717, 1.165) is 10.6 Å². The van der Waals surface area contributed by atoms with Crippen molar-refractivity contribution in [2.75, 3.05) is 14.1 Å². The normalized spacial score (nSPS) is 15.1. The topological polar surface area (TPSA) is 130 Å². The maximum atomic E-state index is 12.4. The summed E-state index contributed by atoms with van der Waals surface area (Å²) in [5.41, 5.74) is 8.96. The van der Waals surface area contributed by atoms with Crippen LogP contribution in [0.3, 0.4) is 0 Å². The number of hydrogen-bond donors (Lipinski definition) is 2. The minimum Gasteiger partial charge on any atom is -0.448 e. The molecule has 1 aliphatic rings. The Morgan fingerprint density at radius 2 is 1.89 bits per heavy atom. The van der Waals surface area contributed by atoms with E-state index in [2.05, 4.69) is 11.1 Å². The van der Waals surface area contributed by atoms with Gasteiger partial charge in [-0.05, 0) is 42.0 Å². The van der Waals surface area contributed by atoms with Crippen molar-refractivity contribution in [1.82, 2.24) is 9.91 Å². The molecule has 1 atom stereocenters. The van der Waals surface area contributed by atoms with E-state index >= 15 is 0 Å². The Labute approximate surface area is 219 Å². The molecule has 1 amide bonds. The van der Waals surface area contributed by atoms with Crippen molar-refractivity contribution in [1.29, 1.82) is 5.26 Å². The third kappa shape index (κ3) is 5.83. The van der Waals surface area contributed by atoms with Gasteiger partial charge in [0.2, 0.25) is 5.88 Å². The standard InChI is InChI=1S/C27H25ClN6O3/c1-33(2)25(35)19-9-6-10-20(15-19)36-26-24(30)22(13-17-7-4-3-5-8-17)32-27(34(26)31)37-23-14-18(16-29)11-12-21(23)28/h3-12,14-15,27H,13,30-31H2,1-2H3. The molecule has 0 aliphatic carbocycles. The van der Waals surface area contributed by atoms with Gasteiger partial charge in [-0.1, -0.05) is 48.0 Å². The summed E-state index contributed by atoms with van der Waals surface area (Å²) in [6, 6.07) is 23.0. The van der Waals surface area contributed by atoms with E-state index in [-0.39, 0.29) is 28.3 Å². The molecule has 10 heteroatoms. The Morgan fingerprint density at radius 1 is 1.14 bits per heavy atom. The number of amides is 1. The number of benzene rings is 3. The number of nitrogens with two attached hydrogens (primary N) is 2. The molecular weight excluding hydrogens is 492 g/mol. The smallest absolute Gasteiger partial charge is 0.286 e. The molecule has 3 aromatic rings. The van der Waals surface area contributed by atoms with Gasteiger partial charge < -0.3 is 20.1 Å². The Balaban J connectivity index is 1.71. The number of rotatable bonds is 7. The van der Waals surface area contributed by atoms with Crippen LogP contribution in [0.4, 0.5) is 0 Å². The van der Waals surface area contributed by atoms with Crippen LogP contribution in [0, 0.1) is 11.3 Å². The van der Waals surface area contributed by atoms with Crippen LogP contribution in [-0.4, -0.2) is 42.0 Å². The van der Waals surface area contributed by atoms with Crippen molar-refractivity contribution in [3.63, 3.8) is 0 Å². The summed E-state index contributed by atoms with van der Waals surface area (Å²) in [6.45, 7) is 0. The molecule has 4 N–H and O–H groups in total. The second-order valence-corrected chi connectivity index (χ2v) is 8.80. The first-order valence-corrected chi connectivity index (χ1v) is 11.6. The lowest BCUT2D eigenvalue weighted by Gasteiger charge is -2.33. The molecule has 0 radical (unpaired) electrons. The summed E-state index contributed by atoms with van der Waals surface area (Å²) in [6.07, 6.45) is -0.711. The number of carbonyl (C=O) groups excluding carboxylic acids is 1. The van der Waals surface area contributed by atoms with E-state index in [1.165, 1.54) is 11.0 Å². The van der Waals surface area contributed by atoms with Gasteiger partial charge in [0.15, 0.2) is 0 Å². The summed E-state index contributed by atoms with van der Waals surface area (Å²) in [7, 11) is 3.33. The fourth-order valence-corrected chi connectivity index (χ4v) is 3.75. The van der Waals surface area contributed by atoms with Gasteiger partial charge in [-0.3, -0.25) is 4.79 Å². The largest absolute Gasteiger partial charge is 0.448 e. The van der Waals surface area contributed by atoms with Crippen LogP contribution in [-0.2, 0) is 6.42 Å². The minimum atomic E-state index is -1.10.